The quantitative estimate of drug-likeness (QED) is 0.684. The maximum absolute atomic E-state index is 12.2. The Morgan fingerprint density at radius 3 is 2.64 bits per heavy atom. The number of para-hydroxylation sites is 1. The van der Waals surface area contributed by atoms with E-state index in [0.717, 1.165) is 21.8 Å². The number of aliphatic imine (C=N–C) groups is 1. The molecule has 0 bridgehead atoms. The van der Waals surface area contributed by atoms with Crippen molar-refractivity contribution in [3.05, 3.63) is 71.0 Å². The summed E-state index contributed by atoms with van der Waals surface area (Å²) in [6, 6.07) is 17.9. The number of carbonyl (C=O) groups excluding carboxylic acids is 1. The summed E-state index contributed by atoms with van der Waals surface area (Å²) >= 11 is 0. The van der Waals surface area contributed by atoms with Gasteiger partial charge in [-0.2, -0.15) is 10.1 Å². The van der Waals surface area contributed by atoms with E-state index in [2.05, 4.69) is 17.1 Å². The Kier molecular flexibility index (Phi) is 2.88. The van der Waals surface area contributed by atoms with Gasteiger partial charge in [0.2, 0.25) is 11.9 Å². The largest absolute Gasteiger partial charge is 0.274 e. The zero-order valence-electron chi connectivity index (χ0n) is 13.6. The average Bonchev–Trinajstić information content (AvgIpc) is 3.19. The molecule has 1 atom stereocenters. The molecule has 0 saturated carbocycles. The van der Waals surface area contributed by atoms with E-state index < -0.39 is 0 Å². The molecular weight excluding hydrogens is 314 g/mol. The number of nitrogens with zero attached hydrogens (tertiary/aromatic N) is 5. The Morgan fingerprint density at radius 1 is 1.08 bits per heavy atom. The lowest BCUT2D eigenvalue weighted by atomic mass is 10.1. The third-order valence-electron chi connectivity index (χ3n) is 4.60. The van der Waals surface area contributed by atoms with Crippen LogP contribution in [0.15, 0.2) is 69.7 Å². The SMILES string of the molecule is CC(=O)n1c2c(c3ccccc31)=NN1C[C@H](c3ccccc3)N=C1N=2. The molecule has 2 aromatic carbocycles. The molecule has 0 aliphatic carbocycles. The Balaban J connectivity index is 1.73. The molecule has 0 fully saturated rings. The molecule has 3 heterocycles. The van der Waals surface area contributed by atoms with Gasteiger partial charge < -0.3 is 0 Å². The van der Waals surface area contributed by atoms with Gasteiger partial charge in [-0.05, 0) is 11.6 Å². The van der Waals surface area contributed by atoms with Gasteiger partial charge in [-0.15, -0.1) is 0 Å². The second kappa shape index (κ2) is 5.11. The van der Waals surface area contributed by atoms with Gasteiger partial charge in [0, 0.05) is 12.3 Å². The van der Waals surface area contributed by atoms with Crippen molar-refractivity contribution < 1.29 is 4.79 Å². The van der Waals surface area contributed by atoms with Gasteiger partial charge in [0.05, 0.1) is 18.1 Å². The predicted molar refractivity (Wildman–Crippen MR) is 93.9 cm³/mol. The number of fused-ring (bicyclic) bond motifs is 4. The highest BCUT2D eigenvalue weighted by molar-refractivity contribution is 5.92. The summed E-state index contributed by atoms with van der Waals surface area (Å²) in [4.78, 5) is 21.6. The molecular formula is C19H15N5O. The molecule has 0 spiro atoms. The number of carbonyl (C=O) groups is 1. The van der Waals surface area contributed by atoms with Crippen LogP contribution in [0.25, 0.3) is 10.9 Å². The second-order valence-electron chi connectivity index (χ2n) is 6.19. The monoisotopic (exact) mass is 329 g/mol. The van der Waals surface area contributed by atoms with Crippen LogP contribution in [0.2, 0.25) is 0 Å². The molecule has 3 aromatic rings. The summed E-state index contributed by atoms with van der Waals surface area (Å²) in [6.45, 7) is 2.19. The molecule has 0 N–H and O–H groups in total. The molecule has 6 heteroatoms. The van der Waals surface area contributed by atoms with Crippen molar-refractivity contribution in [2.45, 2.75) is 13.0 Å². The standard InChI is InChI=1S/C19H15N5O/c1-12(25)24-16-10-6-5-9-14(16)17-18(24)21-19-20-15(11-23(19)22-17)13-7-3-2-4-8-13/h2-10,15H,11H2,1H3/t15-/m1/s1. The van der Waals surface area contributed by atoms with Crippen molar-refractivity contribution in [1.82, 2.24) is 9.58 Å². The van der Waals surface area contributed by atoms with E-state index in [9.17, 15) is 4.79 Å². The number of hydrogen-bond acceptors (Lipinski definition) is 5. The summed E-state index contributed by atoms with van der Waals surface area (Å²) < 4.78 is 1.61. The van der Waals surface area contributed by atoms with E-state index in [1.54, 1.807) is 4.57 Å². The van der Waals surface area contributed by atoms with Crippen molar-refractivity contribution >= 4 is 22.8 Å². The van der Waals surface area contributed by atoms with Gasteiger partial charge in [-0.3, -0.25) is 9.36 Å². The first-order valence-corrected chi connectivity index (χ1v) is 8.20. The lowest BCUT2D eigenvalue weighted by molar-refractivity contribution is 0.0937. The van der Waals surface area contributed by atoms with E-state index in [1.165, 1.54) is 6.92 Å². The summed E-state index contributed by atoms with van der Waals surface area (Å²) in [7, 11) is 0. The molecule has 2 aliphatic rings. The van der Waals surface area contributed by atoms with Crippen LogP contribution in [0.1, 0.15) is 23.3 Å². The molecule has 0 amide bonds. The first-order chi connectivity index (χ1) is 12.2. The minimum atomic E-state index is -0.0805. The van der Waals surface area contributed by atoms with Crippen LogP contribution in [0.4, 0.5) is 0 Å². The third-order valence-corrected chi connectivity index (χ3v) is 4.60. The molecule has 2 aliphatic heterocycles. The van der Waals surface area contributed by atoms with Crippen molar-refractivity contribution in [2.24, 2.45) is 15.1 Å². The summed E-state index contributed by atoms with van der Waals surface area (Å²) in [5, 5.41) is 8.24. The van der Waals surface area contributed by atoms with Crippen LogP contribution >= 0.6 is 0 Å². The van der Waals surface area contributed by atoms with E-state index >= 15 is 0 Å². The fourth-order valence-electron chi connectivity index (χ4n) is 3.46. The normalized spacial score (nSPS) is 18.2. The smallest absolute Gasteiger partial charge is 0.244 e. The predicted octanol–water partition coefficient (Wildman–Crippen LogP) is 1.88. The zero-order chi connectivity index (χ0) is 17.0. The molecule has 0 unspecified atom stereocenters. The highest BCUT2D eigenvalue weighted by atomic mass is 16.1. The van der Waals surface area contributed by atoms with Crippen molar-refractivity contribution in [1.29, 1.82) is 0 Å². The molecule has 6 nitrogen and oxygen atoms in total. The lowest BCUT2D eigenvalue weighted by Crippen LogP contribution is -2.41. The molecule has 0 radical (unpaired) electrons. The topological polar surface area (TPSA) is 62.3 Å². The van der Waals surface area contributed by atoms with Crippen LogP contribution < -0.4 is 10.8 Å². The number of guanidine groups is 1. The van der Waals surface area contributed by atoms with Crippen LogP contribution in [0, 0.1) is 0 Å². The van der Waals surface area contributed by atoms with Gasteiger partial charge in [-0.1, -0.05) is 48.5 Å². The Hall–Kier alpha value is -3.28. The highest BCUT2D eigenvalue weighted by Crippen LogP contribution is 2.25. The fourth-order valence-corrected chi connectivity index (χ4v) is 3.46. The summed E-state index contributed by atoms with van der Waals surface area (Å²) in [5.74, 6) is 0.481. The third kappa shape index (κ3) is 2.04. The first kappa shape index (κ1) is 14.1. The van der Waals surface area contributed by atoms with Gasteiger partial charge in [0.25, 0.3) is 0 Å². The van der Waals surface area contributed by atoms with Crippen LogP contribution in [-0.4, -0.2) is 28.0 Å². The lowest BCUT2D eigenvalue weighted by Gasteiger charge is -2.14. The summed E-state index contributed by atoms with van der Waals surface area (Å²) in [6.07, 6.45) is 0. The molecule has 0 saturated heterocycles. The van der Waals surface area contributed by atoms with E-state index in [-0.39, 0.29) is 11.9 Å². The first-order valence-electron chi connectivity index (χ1n) is 8.20. The number of aromatic nitrogens is 1. The number of rotatable bonds is 1. The Morgan fingerprint density at radius 2 is 1.84 bits per heavy atom. The highest BCUT2D eigenvalue weighted by Gasteiger charge is 2.29. The van der Waals surface area contributed by atoms with Crippen LogP contribution in [0.5, 0.6) is 0 Å². The Labute approximate surface area is 143 Å². The summed E-state index contributed by atoms with van der Waals surface area (Å²) in [5.41, 5.74) is 2.53. The molecule has 1 aromatic heterocycles. The van der Waals surface area contributed by atoms with E-state index in [1.807, 2.05) is 47.5 Å². The van der Waals surface area contributed by atoms with Crippen molar-refractivity contribution in [2.75, 3.05) is 6.54 Å². The molecule has 122 valence electrons. The van der Waals surface area contributed by atoms with E-state index in [4.69, 9.17) is 10.1 Å². The van der Waals surface area contributed by atoms with Crippen LogP contribution in [-0.2, 0) is 0 Å². The van der Waals surface area contributed by atoms with Crippen molar-refractivity contribution in [3.63, 3.8) is 0 Å². The minimum absolute atomic E-state index is 0.00440. The maximum Gasteiger partial charge on any atom is 0.244 e. The van der Waals surface area contributed by atoms with E-state index in [0.29, 0.717) is 18.0 Å². The van der Waals surface area contributed by atoms with Gasteiger partial charge in [-0.25, -0.2) is 10.0 Å². The fraction of sp³-hybridized carbons (Fsp3) is 0.158. The minimum Gasteiger partial charge on any atom is -0.274 e. The second-order valence-corrected chi connectivity index (χ2v) is 6.19. The number of hydrogen-bond donors (Lipinski definition) is 0. The van der Waals surface area contributed by atoms with Gasteiger partial charge in [0.15, 0.2) is 5.49 Å². The van der Waals surface area contributed by atoms with Gasteiger partial charge in [0.1, 0.15) is 5.36 Å². The maximum atomic E-state index is 12.2. The zero-order valence-corrected chi connectivity index (χ0v) is 13.6. The average molecular weight is 329 g/mol. The molecule has 5 rings (SSSR count). The number of benzene rings is 2. The van der Waals surface area contributed by atoms with Gasteiger partial charge >= 0.3 is 0 Å². The Bertz CT molecular complexity index is 1160. The van der Waals surface area contributed by atoms with Crippen molar-refractivity contribution in [3.8, 4) is 0 Å². The molecule has 25 heavy (non-hydrogen) atoms. The van der Waals surface area contributed by atoms with Crippen LogP contribution in [0.3, 0.4) is 0 Å².